The van der Waals surface area contributed by atoms with E-state index in [1.165, 1.54) is 24.0 Å². The van der Waals surface area contributed by atoms with Crippen molar-refractivity contribution >= 4 is 6.09 Å². The molecule has 3 nitrogen and oxygen atoms in total. The third kappa shape index (κ3) is 6.19. The number of nitrogens with zero attached hydrogens (tertiary/aromatic N) is 1. The van der Waals surface area contributed by atoms with Gasteiger partial charge < -0.3 is 9.64 Å². The zero-order valence-corrected chi connectivity index (χ0v) is 13.9. The second-order valence-electron chi connectivity index (χ2n) is 5.49. The van der Waals surface area contributed by atoms with Crippen molar-refractivity contribution in [3.8, 4) is 0 Å². The fourth-order valence-corrected chi connectivity index (χ4v) is 2.32. The van der Waals surface area contributed by atoms with Gasteiger partial charge in [0.25, 0.3) is 0 Å². The minimum atomic E-state index is -0.216. The summed E-state index contributed by atoms with van der Waals surface area (Å²) in [4.78, 5) is 13.6. The molecule has 0 spiro atoms. The maximum absolute atomic E-state index is 11.9. The summed E-state index contributed by atoms with van der Waals surface area (Å²) in [5.74, 6) is 0. The van der Waals surface area contributed by atoms with Crippen molar-refractivity contribution in [2.75, 3.05) is 13.1 Å². The lowest BCUT2D eigenvalue weighted by molar-refractivity contribution is 0.0729. The molecule has 1 aromatic carbocycles. The monoisotopic (exact) mass is 291 g/mol. The molecule has 0 aliphatic heterocycles. The number of carbonyl (C=O) groups excluding carboxylic acids is 1. The third-order valence-corrected chi connectivity index (χ3v) is 3.69. The second kappa shape index (κ2) is 9.43. The molecule has 0 heterocycles. The van der Waals surface area contributed by atoms with Gasteiger partial charge in [-0.15, -0.1) is 0 Å². The van der Waals surface area contributed by atoms with Crippen LogP contribution < -0.4 is 0 Å². The zero-order valence-electron chi connectivity index (χ0n) is 13.9. The van der Waals surface area contributed by atoms with Crippen LogP contribution in [0, 0.1) is 0 Å². The molecular formula is C18H29NO2. The van der Waals surface area contributed by atoms with E-state index in [-0.39, 0.29) is 12.2 Å². The molecule has 0 aliphatic rings. The highest BCUT2D eigenvalue weighted by Gasteiger charge is 2.15. The average Bonchev–Trinajstić information content (AvgIpc) is 2.47. The first-order valence-corrected chi connectivity index (χ1v) is 8.14. The molecule has 0 N–H and O–H groups in total. The molecule has 0 aliphatic carbocycles. The molecule has 0 saturated carbocycles. The van der Waals surface area contributed by atoms with Crippen LogP contribution >= 0.6 is 0 Å². The van der Waals surface area contributed by atoms with E-state index < -0.39 is 0 Å². The maximum Gasteiger partial charge on any atom is 0.410 e. The van der Waals surface area contributed by atoms with Gasteiger partial charge in [0.2, 0.25) is 0 Å². The fourth-order valence-electron chi connectivity index (χ4n) is 2.32. The van der Waals surface area contributed by atoms with Crippen molar-refractivity contribution in [1.29, 1.82) is 0 Å². The number of benzene rings is 1. The molecule has 0 bridgehead atoms. The highest BCUT2D eigenvalue weighted by molar-refractivity contribution is 5.67. The Morgan fingerprint density at radius 3 is 2.19 bits per heavy atom. The van der Waals surface area contributed by atoms with Crippen molar-refractivity contribution in [3.05, 3.63) is 35.4 Å². The van der Waals surface area contributed by atoms with Crippen molar-refractivity contribution in [2.45, 2.75) is 59.5 Å². The van der Waals surface area contributed by atoms with Gasteiger partial charge in [-0.2, -0.15) is 0 Å². The molecule has 1 amide bonds. The molecule has 0 saturated heterocycles. The molecule has 1 aromatic rings. The first-order chi connectivity index (χ1) is 10.1. The number of hydrogen-bond donors (Lipinski definition) is 0. The molecule has 1 rings (SSSR count). The smallest absolute Gasteiger partial charge is 0.410 e. The molecule has 3 heteroatoms. The Morgan fingerprint density at radius 1 is 1.10 bits per heavy atom. The van der Waals surface area contributed by atoms with Crippen LogP contribution in [-0.4, -0.2) is 30.2 Å². The molecule has 0 aromatic heterocycles. The lowest BCUT2D eigenvalue weighted by Gasteiger charge is -2.21. The zero-order chi connectivity index (χ0) is 15.7. The summed E-state index contributed by atoms with van der Waals surface area (Å²) < 4.78 is 5.48. The Morgan fingerprint density at radius 2 is 1.67 bits per heavy atom. The Hall–Kier alpha value is -1.51. The third-order valence-electron chi connectivity index (χ3n) is 3.69. The second-order valence-corrected chi connectivity index (χ2v) is 5.49. The van der Waals surface area contributed by atoms with Gasteiger partial charge in [0.15, 0.2) is 0 Å². The van der Waals surface area contributed by atoms with E-state index in [4.69, 9.17) is 4.74 Å². The largest absolute Gasteiger partial charge is 0.446 e. The minimum Gasteiger partial charge on any atom is -0.446 e. The quantitative estimate of drug-likeness (QED) is 0.708. The van der Waals surface area contributed by atoms with Gasteiger partial charge in [0.1, 0.15) is 6.10 Å². The number of unbranched alkanes of at least 4 members (excludes halogenated alkanes) is 1. The molecule has 0 radical (unpaired) electrons. The van der Waals surface area contributed by atoms with Crippen LogP contribution in [0.4, 0.5) is 4.79 Å². The molecule has 1 atom stereocenters. The Balaban J connectivity index is 2.47. The van der Waals surface area contributed by atoms with Gasteiger partial charge in [0.05, 0.1) is 0 Å². The number of aryl methyl sites for hydroxylation is 1. The predicted molar refractivity (Wildman–Crippen MR) is 87.6 cm³/mol. The Labute approximate surface area is 129 Å². The maximum atomic E-state index is 11.9. The SMILES string of the molecule is CCCCc1ccc(CC(C)OC(=O)N(CC)CC)cc1. The summed E-state index contributed by atoms with van der Waals surface area (Å²) in [6.45, 7) is 9.46. The van der Waals surface area contributed by atoms with Gasteiger partial charge in [-0.25, -0.2) is 4.79 Å². The van der Waals surface area contributed by atoms with Gasteiger partial charge in [-0.1, -0.05) is 37.6 Å². The number of amides is 1. The van der Waals surface area contributed by atoms with Gasteiger partial charge >= 0.3 is 6.09 Å². The number of carbonyl (C=O) groups is 1. The van der Waals surface area contributed by atoms with Crippen LogP contribution in [0.15, 0.2) is 24.3 Å². The van der Waals surface area contributed by atoms with Crippen LogP contribution in [0.5, 0.6) is 0 Å². The minimum absolute atomic E-state index is 0.0976. The van der Waals surface area contributed by atoms with Crippen molar-refractivity contribution < 1.29 is 9.53 Å². The summed E-state index contributed by atoms with van der Waals surface area (Å²) in [7, 11) is 0. The average molecular weight is 291 g/mol. The van der Waals surface area contributed by atoms with E-state index in [0.717, 1.165) is 12.8 Å². The lowest BCUT2D eigenvalue weighted by atomic mass is 10.0. The summed E-state index contributed by atoms with van der Waals surface area (Å²) in [6.07, 6.45) is 4.05. The van der Waals surface area contributed by atoms with Gasteiger partial charge in [-0.3, -0.25) is 0 Å². The molecular weight excluding hydrogens is 262 g/mol. The highest BCUT2D eigenvalue weighted by atomic mass is 16.6. The van der Waals surface area contributed by atoms with Crippen LogP contribution in [-0.2, 0) is 17.6 Å². The topological polar surface area (TPSA) is 29.5 Å². The standard InChI is InChI=1S/C18H29NO2/c1-5-8-9-16-10-12-17(13-11-16)14-15(4)21-18(20)19(6-2)7-3/h10-13,15H,5-9,14H2,1-4H3. The molecule has 118 valence electrons. The predicted octanol–water partition coefficient (Wildman–Crippen LogP) is 4.44. The summed E-state index contributed by atoms with van der Waals surface area (Å²) >= 11 is 0. The summed E-state index contributed by atoms with van der Waals surface area (Å²) in [5, 5.41) is 0. The van der Waals surface area contributed by atoms with Crippen molar-refractivity contribution in [2.24, 2.45) is 0 Å². The highest BCUT2D eigenvalue weighted by Crippen LogP contribution is 2.11. The van der Waals surface area contributed by atoms with E-state index in [9.17, 15) is 4.79 Å². The number of hydrogen-bond acceptors (Lipinski definition) is 2. The number of ether oxygens (including phenoxy) is 1. The first kappa shape index (κ1) is 17.5. The van der Waals surface area contributed by atoms with Crippen molar-refractivity contribution in [3.63, 3.8) is 0 Å². The fraction of sp³-hybridized carbons (Fsp3) is 0.611. The lowest BCUT2D eigenvalue weighted by Crippen LogP contribution is -2.33. The molecule has 0 fully saturated rings. The normalized spacial score (nSPS) is 12.0. The molecule has 21 heavy (non-hydrogen) atoms. The first-order valence-electron chi connectivity index (χ1n) is 8.14. The summed E-state index contributed by atoms with van der Waals surface area (Å²) in [5.41, 5.74) is 2.60. The number of rotatable bonds is 8. The van der Waals surface area contributed by atoms with E-state index in [1.54, 1.807) is 4.90 Å². The Bertz CT molecular complexity index is 410. The Kier molecular flexibility index (Phi) is 7.88. The summed E-state index contributed by atoms with van der Waals surface area (Å²) in [6, 6.07) is 8.66. The van der Waals surface area contributed by atoms with Crippen molar-refractivity contribution in [1.82, 2.24) is 4.90 Å². The van der Waals surface area contributed by atoms with Crippen LogP contribution in [0.25, 0.3) is 0 Å². The van der Waals surface area contributed by atoms with Crippen LogP contribution in [0.3, 0.4) is 0 Å². The van der Waals surface area contributed by atoms with E-state index >= 15 is 0 Å². The van der Waals surface area contributed by atoms with E-state index in [1.807, 2.05) is 20.8 Å². The van der Waals surface area contributed by atoms with E-state index in [2.05, 4.69) is 31.2 Å². The van der Waals surface area contributed by atoms with E-state index in [0.29, 0.717) is 13.1 Å². The van der Waals surface area contributed by atoms with Gasteiger partial charge in [-0.05, 0) is 44.7 Å². The molecule has 1 unspecified atom stereocenters. The van der Waals surface area contributed by atoms with Crippen LogP contribution in [0.2, 0.25) is 0 Å². The van der Waals surface area contributed by atoms with Gasteiger partial charge in [0, 0.05) is 19.5 Å². The van der Waals surface area contributed by atoms with Crippen LogP contribution in [0.1, 0.15) is 51.7 Å².